The summed E-state index contributed by atoms with van der Waals surface area (Å²) in [6.45, 7) is 2.66. The van der Waals surface area contributed by atoms with Crippen molar-refractivity contribution in [3.05, 3.63) is 42.4 Å². The van der Waals surface area contributed by atoms with Gasteiger partial charge in [-0.3, -0.25) is 0 Å². The first-order valence-corrected chi connectivity index (χ1v) is 7.88. The fourth-order valence-electron chi connectivity index (χ4n) is 2.43. The third-order valence-electron chi connectivity index (χ3n) is 3.63. The fourth-order valence-corrected chi connectivity index (χ4v) is 2.43. The summed E-state index contributed by atoms with van der Waals surface area (Å²) in [6, 6.07) is 7.42. The number of ether oxygens (including phenoxy) is 2. The summed E-state index contributed by atoms with van der Waals surface area (Å²) in [5, 5.41) is 9.48. The molecule has 1 N–H and O–H groups in total. The second-order valence-corrected chi connectivity index (χ2v) is 5.42. The maximum absolute atomic E-state index is 9.48. The fraction of sp³-hybridized carbons (Fsp3) is 0.294. The molecule has 6 nitrogen and oxygen atoms in total. The molecule has 124 valence electrons. The molecule has 24 heavy (non-hydrogen) atoms. The van der Waals surface area contributed by atoms with Crippen molar-refractivity contribution in [3.8, 4) is 22.9 Å². The molecule has 0 fully saturated rings. The monoisotopic (exact) mass is 326 g/mol. The Morgan fingerprint density at radius 1 is 1.29 bits per heavy atom. The first kappa shape index (κ1) is 16.3. The van der Waals surface area contributed by atoms with E-state index in [1.165, 1.54) is 0 Å². The lowest BCUT2D eigenvalue weighted by Crippen LogP contribution is -2.08. The SMILES string of the molecule is CCCOc1cc(-c2nccc(C3=COB(O)C3)n2)ccc1OC. The predicted octanol–water partition coefficient (Wildman–Crippen LogP) is 2.79. The lowest BCUT2D eigenvalue weighted by molar-refractivity contribution is 0.294. The molecule has 0 atom stereocenters. The minimum atomic E-state index is -0.798. The maximum Gasteiger partial charge on any atom is 0.527 e. The molecule has 1 aromatic heterocycles. The quantitative estimate of drug-likeness (QED) is 0.823. The van der Waals surface area contributed by atoms with Gasteiger partial charge in [0, 0.05) is 23.7 Å². The van der Waals surface area contributed by atoms with Crippen LogP contribution in [-0.2, 0) is 4.65 Å². The summed E-state index contributed by atoms with van der Waals surface area (Å²) in [7, 11) is 0.816. The van der Waals surface area contributed by atoms with E-state index < -0.39 is 7.12 Å². The van der Waals surface area contributed by atoms with Crippen LogP contribution >= 0.6 is 0 Å². The second kappa shape index (κ2) is 7.36. The zero-order valence-electron chi connectivity index (χ0n) is 13.7. The predicted molar refractivity (Wildman–Crippen MR) is 91.6 cm³/mol. The van der Waals surface area contributed by atoms with E-state index in [1.807, 2.05) is 18.2 Å². The number of benzene rings is 1. The Labute approximate surface area is 141 Å². The van der Waals surface area contributed by atoms with E-state index in [0.717, 1.165) is 23.3 Å². The molecule has 1 aliphatic rings. The molecule has 0 unspecified atom stereocenters. The molecule has 0 saturated heterocycles. The van der Waals surface area contributed by atoms with Gasteiger partial charge in [-0.25, -0.2) is 9.97 Å². The highest BCUT2D eigenvalue weighted by atomic mass is 16.5. The molecule has 0 aliphatic carbocycles. The highest BCUT2D eigenvalue weighted by Gasteiger charge is 2.24. The molecule has 0 bridgehead atoms. The summed E-state index contributed by atoms with van der Waals surface area (Å²) in [4.78, 5) is 8.91. The van der Waals surface area contributed by atoms with Crippen molar-refractivity contribution in [3.63, 3.8) is 0 Å². The van der Waals surface area contributed by atoms with Crippen LogP contribution in [0.4, 0.5) is 0 Å². The van der Waals surface area contributed by atoms with Crippen LogP contribution in [0.3, 0.4) is 0 Å². The molecular weight excluding hydrogens is 307 g/mol. The van der Waals surface area contributed by atoms with Gasteiger partial charge in [0.15, 0.2) is 17.3 Å². The van der Waals surface area contributed by atoms with Gasteiger partial charge in [-0.15, -0.1) is 0 Å². The summed E-state index contributed by atoms with van der Waals surface area (Å²) in [5.74, 6) is 1.93. The largest absolute Gasteiger partial charge is 0.541 e. The van der Waals surface area contributed by atoms with Crippen molar-refractivity contribution >= 4 is 12.7 Å². The minimum Gasteiger partial charge on any atom is -0.541 e. The Bertz CT molecular complexity index is 751. The molecule has 3 rings (SSSR count). The smallest absolute Gasteiger partial charge is 0.527 e. The molecule has 7 heteroatoms. The summed E-state index contributed by atoms with van der Waals surface area (Å²) in [5.41, 5.74) is 2.43. The first-order valence-electron chi connectivity index (χ1n) is 7.88. The highest BCUT2D eigenvalue weighted by molar-refractivity contribution is 6.47. The maximum atomic E-state index is 9.48. The number of rotatable bonds is 6. The molecule has 2 aromatic rings. The number of methoxy groups -OCH3 is 1. The van der Waals surface area contributed by atoms with Gasteiger partial charge in [-0.1, -0.05) is 6.92 Å². The van der Waals surface area contributed by atoms with E-state index in [0.29, 0.717) is 30.3 Å². The highest BCUT2D eigenvalue weighted by Crippen LogP contribution is 2.32. The number of allylic oxidation sites excluding steroid dienone is 1. The average Bonchev–Trinajstić information content (AvgIpc) is 3.06. The Morgan fingerprint density at radius 2 is 2.17 bits per heavy atom. The van der Waals surface area contributed by atoms with Gasteiger partial charge in [-0.2, -0.15) is 0 Å². The lowest BCUT2D eigenvalue weighted by atomic mass is 9.83. The van der Waals surface area contributed by atoms with Gasteiger partial charge in [0.05, 0.1) is 25.7 Å². The standard InChI is InChI=1S/C17H19BN2O4/c1-3-8-23-16-9-12(4-5-15(16)22-2)17-19-7-6-14(20-17)13-10-18(21)24-11-13/h4-7,9,11,21H,3,8,10H2,1-2H3. The topological polar surface area (TPSA) is 73.7 Å². The third-order valence-corrected chi connectivity index (χ3v) is 3.63. The molecular formula is C17H19BN2O4. The van der Waals surface area contributed by atoms with Crippen LogP contribution in [0.5, 0.6) is 11.5 Å². The molecule has 2 heterocycles. The van der Waals surface area contributed by atoms with E-state index >= 15 is 0 Å². The van der Waals surface area contributed by atoms with Crippen molar-refractivity contribution in [2.24, 2.45) is 0 Å². The van der Waals surface area contributed by atoms with Crippen LogP contribution in [0.15, 0.2) is 36.7 Å². The molecule has 1 aliphatic heterocycles. The van der Waals surface area contributed by atoms with Crippen molar-refractivity contribution in [2.45, 2.75) is 19.7 Å². The summed E-state index contributed by atoms with van der Waals surface area (Å²) >= 11 is 0. The van der Waals surface area contributed by atoms with Crippen molar-refractivity contribution in [1.82, 2.24) is 9.97 Å². The average molecular weight is 326 g/mol. The van der Waals surface area contributed by atoms with Crippen LogP contribution in [0.1, 0.15) is 19.0 Å². The van der Waals surface area contributed by atoms with Gasteiger partial charge >= 0.3 is 7.12 Å². The molecule has 0 spiro atoms. The molecule has 0 saturated carbocycles. The normalized spacial score (nSPS) is 13.5. The Balaban J connectivity index is 1.91. The molecule has 0 amide bonds. The van der Waals surface area contributed by atoms with Crippen LogP contribution in [0.2, 0.25) is 6.32 Å². The Kier molecular flexibility index (Phi) is 5.00. The third kappa shape index (κ3) is 3.51. The van der Waals surface area contributed by atoms with Crippen molar-refractivity contribution in [1.29, 1.82) is 0 Å². The number of hydrogen-bond donors (Lipinski definition) is 1. The van der Waals surface area contributed by atoms with E-state index in [2.05, 4.69) is 16.9 Å². The lowest BCUT2D eigenvalue weighted by Gasteiger charge is -2.11. The van der Waals surface area contributed by atoms with Crippen molar-refractivity contribution < 1.29 is 19.2 Å². The molecule has 0 radical (unpaired) electrons. The number of aromatic nitrogens is 2. The summed E-state index contributed by atoms with van der Waals surface area (Å²) < 4.78 is 16.1. The van der Waals surface area contributed by atoms with Crippen molar-refractivity contribution in [2.75, 3.05) is 13.7 Å². The van der Waals surface area contributed by atoms with Crippen LogP contribution in [-0.4, -0.2) is 35.8 Å². The zero-order valence-corrected chi connectivity index (χ0v) is 13.7. The Hall–Kier alpha value is -2.54. The summed E-state index contributed by atoms with van der Waals surface area (Å²) in [6.07, 6.45) is 4.57. The first-order chi connectivity index (χ1) is 11.7. The van der Waals surface area contributed by atoms with E-state index in [1.54, 1.807) is 25.6 Å². The van der Waals surface area contributed by atoms with Gasteiger partial charge in [0.2, 0.25) is 0 Å². The molecule has 1 aromatic carbocycles. The Morgan fingerprint density at radius 3 is 2.88 bits per heavy atom. The zero-order chi connectivity index (χ0) is 16.9. The van der Waals surface area contributed by atoms with Crippen LogP contribution < -0.4 is 9.47 Å². The van der Waals surface area contributed by atoms with Gasteiger partial charge in [0.25, 0.3) is 0 Å². The van der Waals surface area contributed by atoms with Crippen LogP contribution in [0, 0.1) is 0 Å². The number of hydrogen-bond acceptors (Lipinski definition) is 6. The van der Waals surface area contributed by atoms with E-state index in [4.69, 9.17) is 14.1 Å². The van der Waals surface area contributed by atoms with Gasteiger partial charge in [0.1, 0.15) is 0 Å². The number of nitrogens with zero attached hydrogens (tertiary/aromatic N) is 2. The van der Waals surface area contributed by atoms with Gasteiger partial charge in [-0.05, 0) is 30.7 Å². The second-order valence-electron chi connectivity index (χ2n) is 5.42. The van der Waals surface area contributed by atoms with Crippen LogP contribution in [0.25, 0.3) is 17.0 Å². The minimum absolute atomic E-state index is 0.421. The van der Waals surface area contributed by atoms with E-state index in [9.17, 15) is 5.02 Å². The van der Waals surface area contributed by atoms with E-state index in [-0.39, 0.29) is 0 Å². The van der Waals surface area contributed by atoms with Gasteiger partial charge < -0.3 is 19.2 Å².